The molecule has 1 N–H and O–H groups in total. The van der Waals surface area contributed by atoms with Crippen LogP contribution in [-0.2, 0) is 11.3 Å². The van der Waals surface area contributed by atoms with Crippen molar-refractivity contribution >= 4 is 34.5 Å². The van der Waals surface area contributed by atoms with Crippen molar-refractivity contribution < 1.29 is 4.79 Å². The first-order valence-electron chi connectivity index (χ1n) is 9.44. The fourth-order valence-electron chi connectivity index (χ4n) is 3.56. The lowest BCUT2D eigenvalue weighted by molar-refractivity contribution is -0.121. The van der Waals surface area contributed by atoms with Gasteiger partial charge in [-0.25, -0.2) is 4.98 Å². The third kappa shape index (κ3) is 4.79. The molecule has 6 heteroatoms. The molecular weight excluding hydrogens is 390 g/mol. The quantitative estimate of drug-likeness (QED) is 0.618. The highest BCUT2D eigenvalue weighted by atomic mass is 35.5. The highest BCUT2D eigenvalue weighted by Crippen LogP contribution is 2.25. The van der Waals surface area contributed by atoms with E-state index in [1.54, 1.807) is 11.3 Å². The number of piperidine rings is 1. The van der Waals surface area contributed by atoms with Crippen LogP contribution in [0.25, 0.3) is 11.3 Å². The number of thiazole rings is 1. The lowest BCUT2D eigenvalue weighted by Crippen LogP contribution is -2.37. The van der Waals surface area contributed by atoms with Crippen molar-refractivity contribution in [3.05, 3.63) is 70.0 Å². The number of nitrogens with one attached hydrogen (secondary N) is 1. The zero-order valence-electron chi connectivity index (χ0n) is 15.5. The normalized spacial score (nSPS) is 15.5. The maximum Gasteiger partial charge on any atom is 0.227 e. The van der Waals surface area contributed by atoms with E-state index in [1.165, 1.54) is 5.56 Å². The first-order chi connectivity index (χ1) is 13.7. The molecule has 144 valence electrons. The van der Waals surface area contributed by atoms with Gasteiger partial charge in [0.05, 0.1) is 11.2 Å². The van der Waals surface area contributed by atoms with Gasteiger partial charge >= 0.3 is 0 Å². The molecule has 0 aliphatic carbocycles. The first kappa shape index (κ1) is 19.1. The number of hydrogen-bond donors (Lipinski definition) is 1. The Morgan fingerprint density at radius 2 is 1.96 bits per heavy atom. The molecule has 1 saturated heterocycles. The summed E-state index contributed by atoms with van der Waals surface area (Å²) in [5.74, 6) is 0.172. The van der Waals surface area contributed by atoms with E-state index < -0.39 is 0 Å². The van der Waals surface area contributed by atoms with Gasteiger partial charge in [-0.3, -0.25) is 9.69 Å². The summed E-state index contributed by atoms with van der Waals surface area (Å²) in [6.07, 6.45) is 1.76. The van der Waals surface area contributed by atoms with E-state index in [2.05, 4.69) is 27.3 Å². The van der Waals surface area contributed by atoms with E-state index in [9.17, 15) is 4.79 Å². The molecule has 0 saturated carbocycles. The highest BCUT2D eigenvalue weighted by molar-refractivity contribution is 7.07. The van der Waals surface area contributed by atoms with E-state index in [-0.39, 0.29) is 11.8 Å². The van der Waals surface area contributed by atoms with Gasteiger partial charge in [0.1, 0.15) is 0 Å². The molecule has 3 aromatic rings. The van der Waals surface area contributed by atoms with E-state index in [4.69, 9.17) is 11.6 Å². The van der Waals surface area contributed by atoms with Gasteiger partial charge in [-0.15, -0.1) is 11.3 Å². The molecule has 1 aliphatic heterocycles. The Hall–Kier alpha value is -2.21. The van der Waals surface area contributed by atoms with Gasteiger partial charge in [0.2, 0.25) is 5.91 Å². The third-order valence-corrected chi connectivity index (χ3v) is 5.97. The van der Waals surface area contributed by atoms with E-state index in [0.717, 1.165) is 54.4 Å². The van der Waals surface area contributed by atoms with Crippen LogP contribution in [-0.4, -0.2) is 28.9 Å². The van der Waals surface area contributed by atoms with Crippen molar-refractivity contribution in [1.29, 1.82) is 0 Å². The monoisotopic (exact) mass is 411 g/mol. The molecule has 1 aromatic heterocycles. The van der Waals surface area contributed by atoms with Crippen molar-refractivity contribution in [2.75, 3.05) is 18.4 Å². The largest absolute Gasteiger partial charge is 0.326 e. The summed E-state index contributed by atoms with van der Waals surface area (Å²) >= 11 is 7.52. The molecule has 4 nitrogen and oxygen atoms in total. The summed E-state index contributed by atoms with van der Waals surface area (Å²) in [5.41, 5.74) is 5.87. The molecule has 0 spiro atoms. The Bertz CT molecular complexity index is 919. The molecule has 0 atom stereocenters. The number of hydrogen-bond acceptors (Lipinski definition) is 4. The summed E-state index contributed by atoms with van der Waals surface area (Å²) in [4.78, 5) is 19.4. The van der Waals surface area contributed by atoms with Crippen LogP contribution in [0.4, 0.5) is 5.69 Å². The average Bonchev–Trinajstić information content (AvgIpc) is 3.25. The van der Waals surface area contributed by atoms with Gasteiger partial charge in [0, 0.05) is 34.1 Å². The highest BCUT2D eigenvalue weighted by Gasteiger charge is 2.25. The maximum absolute atomic E-state index is 12.7. The van der Waals surface area contributed by atoms with E-state index in [0.29, 0.717) is 0 Å². The van der Waals surface area contributed by atoms with Crippen molar-refractivity contribution in [3.63, 3.8) is 0 Å². The number of anilines is 1. The van der Waals surface area contributed by atoms with Crippen LogP contribution in [0.1, 0.15) is 18.4 Å². The number of carbonyl (C=O) groups is 1. The van der Waals surface area contributed by atoms with Crippen LogP contribution in [0.2, 0.25) is 5.02 Å². The van der Waals surface area contributed by atoms with Gasteiger partial charge in [-0.2, -0.15) is 0 Å². The summed E-state index contributed by atoms with van der Waals surface area (Å²) in [6, 6.07) is 15.9. The number of carbonyl (C=O) groups excluding carboxylic acids is 1. The lowest BCUT2D eigenvalue weighted by Gasteiger charge is -2.31. The number of amides is 1. The Labute approximate surface area is 174 Å². The Balaban J connectivity index is 1.31. The zero-order valence-corrected chi connectivity index (χ0v) is 17.0. The Kier molecular flexibility index (Phi) is 6.05. The molecule has 4 rings (SSSR count). The van der Waals surface area contributed by atoms with E-state index >= 15 is 0 Å². The minimum Gasteiger partial charge on any atom is -0.326 e. The topological polar surface area (TPSA) is 45.2 Å². The van der Waals surface area contributed by atoms with Crippen molar-refractivity contribution in [2.24, 2.45) is 5.92 Å². The SMILES string of the molecule is O=C(Nc1cccc(-c2cscn2)c1)C1CCN(Cc2ccc(Cl)cc2)CC1. The van der Waals surface area contributed by atoms with Crippen LogP contribution in [0.15, 0.2) is 59.4 Å². The fraction of sp³-hybridized carbons (Fsp3) is 0.273. The molecule has 0 unspecified atom stereocenters. The van der Waals surface area contributed by atoms with Crippen molar-refractivity contribution in [2.45, 2.75) is 19.4 Å². The fourth-order valence-corrected chi connectivity index (χ4v) is 4.24. The lowest BCUT2D eigenvalue weighted by atomic mass is 9.95. The van der Waals surface area contributed by atoms with Crippen molar-refractivity contribution in [3.8, 4) is 11.3 Å². The molecule has 0 radical (unpaired) electrons. The number of aromatic nitrogens is 1. The first-order valence-corrected chi connectivity index (χ1v) is 10.8. The molecule has 1 amide bonds. The summed E-state index contributed by atoms with van der Waals surface area (Å²) in [6.45, 7) is 2.76. The van der Waals surface area contributed by atoms with Gasteiger partial charge in [-0.1, -0.05) is 35.9 Å². The third-order valence-electron chi connectivity index (χ3n) is 5.14. The average molecular weight is 412 g/mol. The van der Waals surface area contributed by atoms with Crippen LogP contribution >= 0.6 is 22.9 Å². The second-order valence-electron chi connectivity index (χ2n) is 7.12. The molecular formula is C22H22ClN3OS. The molecule has 2 heterocycles. The van der Waals surface area contributed by atoms with E-state index in [1.807, 2.05) is 47.3 Å². The van der Waals surface area contributed by atoms with Gasteiger partial charge in [-0.05, 0) is 55.8 Å². The summed E-state index contributed by atoms with van der Waals surface area (Å²) < 4.78 is 0. The molecule has 28 heavy (non-hydrogen) atoms. The van der Waals surface area contributed by atoms with Gasteiger partial charge in [0.15, 0.2) is 0 Å². The number of nitrogens with zero attached hydrogens (tertiary/aromatic N) is 2. The predicted molar refractivity (Wildman–Crippen MR) is 116 cm³/mol. The second-order valence-corrected chi connectivity index (χ2v) is 8.28. The number of likely N-dealkylation sites (tertiary alicyclic amines) is 1. The molecule has 1 aliphatic rings. The standard InChI is InChI=1S/C22H22ClN3OS/c23-19-6-4-16(5-7-19)13-26-10-8-17(9-11-26)22(27)25-20-3-1-2-18(12-20)21-14-28-15-24-21/h1-7,12,14-15,17H,8-11,13H2,(H,25,27). The molecule has 2 aromatic carbocycles. The molecule has 1 fully saturated rings. The van der Waals surface area contributed by atoms with Gasteiger partial charge in [0.25, 0.3) is 0 Å². The van der Waals surface area contributed by atoms with Crippen molar-refractivity contribution in [1.82, 2.24) is 9.88 Å². The second kappa shape index (κ2) is 8.86. The minimum absolute atomic E-state index is 0.0596. The summed E-state index contributed by atoms with van der Waals surface area (Å²) in [7, 11) is 0. The number of rotatable bonds is 5. The molecule has 0 bridgehead atoms. The van der Waals surface area contributed by atoms with Crippen LogP contribution < -0.4 is 5.32 Å². The van der Waals surface area contributed by atoms with Crippen LogP contribution in [0.5, 0.6) is 0 Å². The number of benzene rings is 2. The summed E-state index contributed by atoms with van der Waals surface area (Å²) in [5, 5.41) is 5.86. The van der Waals surface area contributed by atoms with Gasteiger partial charge < -0.3 is 5.32 Å². The Morgan fingerprint density at radius 1 is 1.18 bits per heavy atom. The smallest absolute Gasteiger partial charge is 0.227 e. The zero-order chi connectivity index (χ0) is 19.3. The van der Waals surface area contributed by atoms with Crippen LogP contribution in [0, 0.1) is 5.92 Å². The maximum atomic E-state index is 12.7. The van der Waals surface area contributed by atoms with Crippen LogP contribution in [0.3, 0.4) is 0 Å². The Morgan fingerprint density at radius 3 is 2.68 bits per heavy atom. The number of halogens is 1. The minimum atomic E-state index is 0.0596. The predicted octanol–water partition coefficient (Wildman–Crippen LogP) is 5.31.